The van der Waals surface area contributed by atoms with Gasteiger partial charge in [-0.15, -0.1) is 0 Å². The Morgan fingerprint density at radius 1 is 1.75 bits per heavy atom. The smallest absolute Gasteiger partial charge is 0.185 e. The van der Waals surface area contributed by atoms with Crippen molar-refractivity contribution >= 4 is 0 Å². The topological polar surface area (TPSA) is 47.8 Å². The zero-order valence-corrected chi connectivity index (χ0v) is 4.96. The van der Waals surface area contributed by atoms with Crippen LogP contribution in [0.5, 0.6) is 0 Å². The Labute approximate surface area is 48.8 Å². The van der Waals surface area contributed by atoms with Crippen molar-refractivity contribution in [1.29, 1.82) is 0 Å². The van der Waals surface area contributed by atoms with Crippen molar-refractivity contribution < 1.29 is 9.47 Å². The summed E-state index contributed by atoms with van der Waals surface area (Å²) in [4.78, 5) is 0. The second-order valence-corrected chi connectivity index (χ2v) is 1.73. The minimum atomic E-state index is 0.00463. The molecule has 0 aromatic rings. The molecule has 0 bridgehead atoms. The van der Waals surface area contributed by atoms with Crippen molar-refractivity contribution in [2.45, 2.75) is 19.3 Å². The van der Waals surface area contributed by atoms with Crippen molar-refractivity contribution in [2.75, 3.05) is 13.2 Å². The molecule has 0 aromatic carbocycles. The largest absolute Gasteiger partial charge is 0.350 e. The van der Waals surface area contributed by atoms with Crippen LogP contribution < -0.4 is 5.73 Å². The van der Waals surface area contributed by atoms with Gasteiger partial charge in [0.2, 0.25) is 0 Å². The molecule has 0 saturated carbocycles. The van der Waals surface area contributed by atoms with E-state index in [0.29, 0.717) is 13.2 Å². The maximum atomic E-state index is 5.25. The van der Waals surface area contributed by atoms with E-state index in [9.17, 15) is 0 Å². The Balaban J connectivity index is 1.99. The van der Waals surface area contributed by atoms with E-state index < -0.39 is 0 Å². The van der Waals surface area contributed by atoms with Gasteiger partial charge >= 0.3 is 0 Å². The molecule has 0 spiro atoms. The summed E-state index contributed by atoms with van der Waals surface area (Å²) >= 11 is 0. The Bertz CT molecular complexity index is 76.8. The van der Waals surface area contributed by atoms with Gasteiger partial charge in [-0.1, -0.05) is 0 Å². The number of ether oxygens (including phenoxy) is 2. The first kappa shape index (κ1) is 6.01. The minimum absolute atomic E-state index is 0.00463. The standard InChI is InChI=1S/C5H11NO2/c1-2-7-5-4(3-6)8-5/h4-5H,2-3,6H2,1H3. The average Bonchev–Trinajstić information content (AvgIpc) is 2.48. The fourth-order valence-electron chi connectivity index (χ4n) is 0.604. The van der Waals surface area contributed by atoms with Crippen LogP contribution >= 0.6 is 0 Å². The van der Waals surface area contributed by atoms with E-state index in [1.54, 1.807) is 0 Å². The summed E-state index contributed by atoms with van der Waals surface area (Å²) in [5, 5.41) is 0. The first-order chi connectivity index (χ1) is 3.88. The predicted octanol–water partition coefficient (Wildman–Crippen LogP) is -0.294. The lowest BCUT2D eigenvalue weighted by atomic mass is 10.5. The van der Waals surface area contributed by atoms with Crippen LogP contribution in [0, 0.1) is 0 Å². The SMILES string of the molecule is CCOC1OC1CN. The quantitative estimate of drug-likeness (QED) is 0.516. The van der Waals surface area contributed by atoms with Crippen molar-refractivity contribution in [3.05, 3.63) is 0 Å². The predicted molar refractivity (Wildman–Crippen MR) is 29.3 cm³/mol. The van der Waals surface area contributed by atoms with Crippen LogP contribution in [0.2, 0.25) is 0 Å². The zero-order chi connectivity index (χ0) is 5.98. The second kappa shape index (κ2) is 2.44. The molecule has 1 saturated heterocycles. The Morgan fingerprint density at radius 3 is 2.88 bits per heavy atom. The highest BCUT2D eigenvalue weighted by molar-refractivity contribution is 4.76. The number of nitrogens with two attached hydrogens (primary N) is 1. The van der Waals surface area contributed by atoms with Gasteiger partial charge in [-0.05, 0) is 6.92 Å². The molecule has 2 atom stereocenters. The monoisotopic (exact) mass is 117 g/mol. The van der Waals surface area contributed by atoms with Crippen LogP contribution in [0.15, 0.2) is 0 Å². The van der Waals surface area contributed by atoms with Crippen LogP contribution in [0.1, 0.15) is 6.92 Å². The molecular formula is C5H11NO2. The molecule has 1 aliphatic rings. The van der Waals surface area contributed by atoms with E-state index >= 15 is 0 Å². The van der Waals surface area contributed by atoms with Gasteiger partial charge in [0.05, 0.1) is 0 Å². The third-order valence-corrected chi connectivity index (χ3v) is 1.10. The Kier molecular flexibility index (Phi) is 1.83. The third kappa shape index (κ3) is 1.18. The summed E-state index contributed by atoms with van der Waals surface area (Å²) in [5.41, 5.74) is 5.25. The average molecular weight is 117 g/mol. The lowest BCUT2D eigenvalue weighted by Gasteiger charge is -1.89. The summed E-state index contributed by atoms with van der Waals surface area (Å²) in [6.07, 6.45) is 0.181. The molecule has 8 heavy (non-hydrogen) atoms. The van der Waals surface area contributed by atoms with E-state index in [1.807, 2.05) is 6.92 Å². The van der Waals surface area contributed by atoms with Crippen molar-refractivity contribution in [3.8, 4) is 0 Å². The van der Waals surface area contributed by atoms with E-state index in [4.69, 9.17) is 15.2 Å². The van der Waals surface area contributed by atoms with Gasteiger partial charge in [0.1, 0.15) is 6.10 Å². The first-order valence-electron chi connectivity index (χ1n) is 2.85. The number of epoxide rings is 1. The van der Waals surface area contributed by atoms with Gasteiger partial charge in [-0.2, -0.15) is 0 Å². The fourth-order valence-corrected chi connectivity index (χ4v) is 0.604. The van der Waals surface area contributed by atoms with Crippen LogP contribution in [0.4, 0.5) is 0 Å². The highest BCUT2D eigenvalue weighted by Crippen LogP contribution is 2.20. The lowest BCUT2D eigenvalue weighted by molar-refractivity contribution is 0.0593. The number of hydrogen-bond donors (Lipinski definition) is 1. The summed E-state index contributed by atoms with van der Waals surface area (Å²) in [6, 6.07) is 0. The third-order valence-electron chi connectivity index (χ3n) is 1.10. The molecule has 0 aliphatic carbocycles. The van der Waals surface area contributed by atoms with Gasteiger partial charge in [-0.25, -0.2) is 0 Å². The van der Waals surface area contributed by atoms with Crippen LogP contribution in [-0.4, -0.2) is 25.5 Å². The molecular weight excluding hydrogens is 106 g/mol. The summed E-state index contributed by atoms with van der Waals surface area (Å²) < 4.78 is 10.0. The molecule has 0 aromatic heterocycles. The van der Waals surface area contributed by atoms with Crippen LogP contribution in [0.25, 0.3) is 0 Å². The fraction of sp³-hybridized carbons (Fsp3) is 1.00. The Morgan fingerprint density at radius 2 is 2.50 bits per heavy atom. The molecule has 2 unspecified atom stereocenters. The van der Waals surface area contributed by atoms with Gasteiger partial charge in [0.25, 0.3) is 0 Å². The zero-order valence-electron chi connectivity index (χ0n) is 4.96. The highest BCUT2D eigenvalue weighted by Gasteiger charge is 2.37. The lowest BCUT2D eigenvalue weighted by Crippen LogP contribution is -2.10. The van der Waals surface area contributed by atoms with Crippen LogP contribution in [-0.2, 0) is 9.47 Å². The van der Waals surface area contributed by atoms with E-state index in [1.165, 1.54) is 0 Å². The minimum Gasteiger partial charge on any atom is -0.350 e. The van der Waals surface area contributed by atoms with Crippen molar-refractivity contribution in [3.63, 3.8) is 0 Å². The van der Waals surface area contributed by atoms with E-state index in [0.717, 1.165) is 0 Å². The Hall–Kier alpha value is -0.120. The number of rotatable bonds is 3. The molecule has 0 amide bonds. The van der Waals surface area contributed by atoms with Gasteiger partial charge in [-0.3, -0.25) is 0 Å². The molecule has 1 heterocycles. The van der Waals surface area contributed by atoms with E-state index in [2.05, 4.69) is 0 Å². The van der Waals surface area contributed by atoms with E-state index in [-0.39, 0.29) is 12.4 Å². The van der Waals surface area contributed by atoms with Crippen LogP contribution in [0.3, 0.4) is 0 Å². The summed E-state index contributed by atoms with van der Waals surface area (Å²) in [6.45, 7) is 3.22. The highest BCUT2D eigenvalue weighted by atomic mass is 16.8. The van der Waals surface area contributed by atoms with Crippen molar-refractivity contribution in [1.82, 2.24) is 0 Å². The molecule has 0 radical (unpaired) electrons. The van der Waals surface area contributed by atoms with Gasteiger partial charge in [0.15, 0.2) is 6.29 Å². The summed E-state index contributed by atoms with van der Waals surface area (Å²) in [5.74, 6) is 0. The van der Waals surface area contributed by atoms with Gasteiger partial charge < -0.3 is 15.2 Å². The molecule has 2 N–H and O–H groups in total. The molecule has 48 valence electrons. The maximum Gasteiger partial charge on any atom is 0.185 e. The molecule has 1 fully saturated rings. The molecule has 1 aliphatic heterocycles. The molecule has 3 heteroatoms. The normalized spacial score (nSPS) is 35.2. The second-order valence-electron chi connectivity index (χ2n) is 1.73. The number of hydrogen-bond acceptors (Lipinski definition) is 3. The summed E-state index contributed by atoms with van der Waals surface area (Å²) in [7, 11) is 0. The maximum absolute atomic E-state index is 5.25. The first-order valence-corrected chi connectivity index (χ1v) is 2.85. The van der Waals surface area contributed by atoms with Crippen molar-refractivity contribution in [2.24, 2.45) is 5.73 Å². The molecule has 1 rings (SSSR count). The van der Waals surface area contributed by atoms with Gasteiger partial charge in [0, 0.05) is 13.2 Å². The molecule has 3 nitrogen and oxygen atoms in total.